The summed E-state index contributed by atoms with van der Waals surface area (Å²) in [6.07, 6.45) is 0.874. The lowest BCUT2D eigenvalue weighted by Gasteiger charge is -2.06. The summed E-state index contributed by atoms with van der Waals surface area (Å²) in [6, 6.07) is 14.2. The van der Waals surface area contributed by atoms with E-state index in [1.807, 2.05) is 31.2 Å². The van der Waals surface area contributed by atoms with Crippen LogP contribution in [0.4, 0.5) is 0 Å². The molecule has 0 fully saturated rings. The van der Waals surface area contributed by atoms with E-state index in [1.54, 1.807) is 0 Å². The van der Waals surface area contributed by atoms with E-state index >= 15 is 0 Å². The quantitative estimate of drug-likeness (QED) is 0.760. The molecule has 2 aromatic rings. The van der Waals surface area contributed by atoms with E-state index in [2.05, 4.69) is 34.1 Å². The fourth-order valence-electron chi connectivity index (χ4n) is 1.76. The summed E-state index contributed by atoms with van der Waals surface area (Å²) < 4.78 is 6.35. The molecule has 94 valence electrons. The maximum absolute atomic E-state index is 6.08. The Bertz CT molecular complexity index is 523. The fourth-order valence-corrected chi connectivity index (χ4v) is 2.21. The summed E-state index contributed by atoms with van der Waals surface area (Å²) in [5.74, 6) is 0.912. The van der Waals surface area contributed by atoms with Crippen LogP contribution in [-0.4, -0.2) is 6.61 Å². The molecule has 0 aliphatic carbocycles. The molecule has 0 bridgehead atoms. The third kappa shape index (κ3) is 3.50. The van der Waals surface area contributed by atoms with Crippen molar-refractivity contribution in [2.24, 2.45) is 0 Å². The van der Waals surface area contributed by atoms with Crippen LogP contribution in [0, 0.1) is 0 Å². The van der Waals surface area contributed by atoms with Crippen LogP contribution < -0.4 is 4.74 Å². The molecule has 0 saturated heterocycles. The Labute approximate surface area is 121 Å². The molecule has 0 aliphatic heterocycles. The first-order chi connectivity index (χ1) is 8.69. The van der Waals surface area contributed by atoms with E-state index < -0.39 is 0 Å². The SMILES string of the molecule is CCOc1ccc(Cc2ccc(Br)c(Cl)c2)cc1. The van der Waals surface area contributed by atoms with E-state index in [1.165, 1.54) is 11.1 Å². The minimum absolute atomic E-state index is 0.696. The van der Waals surface area contributed by atoms with Gasteiger partial charge in [-0.05, 0) is 64.7 Å². The largest absolute Gasteiger partial charge is 0.494 e. The van der Waals surface area contributed by atoms with E-state index in [-0.39, 0.29) is 0 Å². The second kappa shape index (κ2) is 6.26. The van der Waals surface area contributed by atoms with Crippen molar-refractivity contribution in [2.45, 2.75) is 13.3 Å². The van der Waals surface area contributed by atoms with E-state index in [0.29, 0.717) is 6.61 Å². The molecular weight excluding hydrogens is 312 g/mol. The molecule has 0 atom stereocenters. The molecule has 0 N–H and O–H groups in total. The second-order valence-electron chi connectivity index (χ2n) is 4.00. The molecule has 3 heteroatoms. The molecule has 1 nitrogen and oxygen atoms in total. The maximum atomic E-state index is 6.08. The van der Waals surface area contributed by atoms with Gasteiger partial charge >= 0.3 is 0 Å². The van der Waals surface area contributed by atoms with E-state index in [0.717, 1.165) is 21.7 Å². The first-order valence-corrected chi connectivity index (χ1v) is 7.02. The van der Waals surface area contributed by atoms with Gasteiger partial charge in [0.1, 0.15) is 5.75 Å². The minimum atomic E-state index is 0.696. The van der Waals surface area contributed by atoms with Crippen molar-refractivity contribution in [3.8, 4) is 5.75 Å². The normalized spacial score (nSPS) is 10.4. The standard InChI is InChI=1S/C15H14BrClO/c1-2-18-13-6-3-11(4-7-13)9-12-5-8-14(16)15(17)10-12/h3-8,10H,2,9H2,1H3. The molecule has 0 unspecified atom stereocenters. The van der Waals surface area contributed by atoms with Gasteiger partial charge in [-0.2, -0.15) is 0 Å². The first-order valence-electron chi connectivity index (χ1n) is 5.84. The van der Waals surface area contributed by atoms with Crippen molar-refractivity contribution in [2.75, 3.05) is 6.61 Å². The Morgan fingerprint density at radius 3 is 2.33 bits per heavy atom. The van der Waals surface area contributed by atoms with E-state index in [4.69, 9.17) is 16.3 Å². The first kappa shape index (κ1) is 13.4. The molecule has 0 heterocycles. The average Bonchev–Trinajstić information content (AvgIpc) is 2.37. The summed E-state index contributed by atoms with van der Waals surface area (Å²) in [4.78, 5) is 0. The second-order valence-corrected chi connectivity index (χ2v) is 5.26. The molecule has 0 saturated carbocycles. The van der Waals surface area contributed by atoms with Gasteiger partial charge in [-0.15, -0.1) is 0 Å². The summed E-state index contributed by atoms with van der Waals surface area (Å²) >= 11 is 9.47. The van der Waals surface area contributed by atoms with Gasteiger partial charge in [0.05, 0.1) is 11.6 Å². The Morgan fingerprint density at radius 2 is 1.72 bits per heavy atom. The monoisotopic (exact) mass is 324 g/mol. The molecule has 0 amide bonds. The molecule has 0 aliphatic rings. The topological polar surface area (TPSA) is 9.23 Å². The lowest BCUT2D eigenvalue weighted by atomic mass is 10.1. The van der Waals surface area contributed by atoms with Crippen molar-refractivity contribution >= 4 is 27.5 Å². The van der Waals surface area contributed by atoms with Crippen molar-refractivity contribution < 1.29 is 4.74 Å². The molecule has 0 spiro atoms. The molecule has 0 aromatic heterocycles. The van der Waals surface area contributed by atoms with Gasteiger partial charge in [0.25, 0.3) is 0 Å². The molecular formula is C15H14BrClO. The maximum Gasteiger partial charge on any atom is 0.119 e. The van der Waals surface area contributed by atoms with Crippen molar-refractivity contribution in [1.29, 1.82) is 0 Å². The van der Waals surface area contributed by atoms with Gasteiger partial charge in [0.15, 0.2) is 0 Å². The van der Waals surface area contributed by atoms with Crippen LogP contribution in [-0.2, 0) is 6.42 Å². The van der Waals surface area contributed by atoms with Crippen LogP contribution in [0.3, 0.4) is 0 Å². The van der Waals surface area contributed by atoms with Crippen LogP contribution in [0.5, 0.6) is 5.75 Å². The van der Waals surface area contributed by atoms with Crippen LogP contribution in [0.2, 0.25) is 5.02 Å². The van der Waals surface area contributed by atoms with Gasteiger partial charge in [0, 0.05) is 4.47 Å². The van der Waals surface area contributed by atoms with Gasteiger partial charge in [-0.3, -0.25) is 0 Å². The van der Waals surface area contributed by atoms with Crippen molar-refractivity contribution in [1.82, 2.24) is 0 Å². The van der Waals surface area contributed by atoms with Gasteiger partial charge < -0.3 is 4.74 Å². The zero-order valence-corrected chi connectivity index (χ0v) is 12.5. The highest BCUT2D eigenvalue weighted by Gasteiger charge is 2.01. The highest BCUT2D eigenvalue weighted by atomic mass is 79.9. The highest BCUT2D eigenvalue weighted by molar-refractivity contribution is 9.10. The van der Waals surface area contributed by atoms with Crippen LogP contribution in [0.15, 0.2) is 46.9 Å². The number of benzene rings is 2. The lowest BCUT2D eigenvalue weighted by molar-refractivity contribution is 0.340. The number of rotatable bonds is 4. The number of ether oxygens (including phenoxy) is 1. The van der Waals surface area contributed by atoms with Gasteiger partial charge in [-0.1, -0.05) is 29.8 Å². The Kier molecular flexibility index (Phi) is 4.67. The zero-order valence-electron chi connectivity index (χ0n) is 10.1. The van der Waals surface area contributed by atoms with Gasteiger partial charge in [0.2, 0.25) is 0 Å². The lowest BCUT2D eigenvalue weighted by Crippen LogP contribution is -1.92. The van der Waals surface area contributed by atoms with E-state index in [9.17, 15) is 0 Å². The molecule has 2 aromatic carbocycles. The Hall–Kier alpha value is -0.990. The Morgan fingerprint density at radius 1 is 1.06 bits per heavy atom. The third-order valence-corrected chi connectivity index (χ3v) is 3.86. The summed E-state index contributed by atoms with van der Waals surface area (Å²) in [6.45, 7) is 2.68. The fraction of sp³-hybridized carbons (Fsp3) is 0.200. The van der Waals surface area contributed by atoms with Crippen molar-refractivity contribution in [3.05, 3.63) is 63.1 Å². The van der Waals surface area contributed by atoms with Gasteiger partial charge in [-0.25, -0.2) is 0 Å². The number of hydrogen-bond donors (Lipinski definition) is 0. The summed E-state index contributed by atoms with van der Waals surface area (Å²) in [7, 11) is 0. The van der Waals surface area contributed by atoms with Crippen LogP contribution in [0.1, 0.15) is 18.1 Å². The molecule has 18 heavy (non-hydrogen) atoms. The third-order valence-electron chi connectivity index (χ3n) is 2.63. The predicted molar refractivity (Wildman–Crippen MR) is 79.6 cm³/mol. The average molecular weight is 326 g/mol. The Balaban J connectivity index is 2.10. The molecule has 2 rings (SSSR count). The number of hydrogen-bond acceptors (Lipinski definition) is 1. The molecule has 0 radical (unpaired) electrons. The number of halogens is 2. The summed E-state index contributed by atoms with van der Waals surface area (Å²) in [5, 5.41) is 0.749. The zero-order chi connectivity index (χ0) is 13.0. The minimum Gasteiger partial charge on any atom is -0.494 e. The van der Waals surface area contributed by atoms with Crippen molar-refractivity contribution in [3.63, 3.8) is 0 Å². The smallest absolute Gasteiger partial charge is 0.119 e. The van der Waals surface area contributed by atoms with Crippen LogP contribution >= 0.6 is 27.5 Å². The highest BCUT2D eigenvalue weighted by Crippen LogP contribution is 2.24. The predicted octanol–water partition coefficient (Wildman–Crippen LogP) is 5.09. The summed E-state index contributed by atoms with van der Waals surface area (Å²) in [5.41, 5.74) is 2.45. The van der Waals surface area contributed by atoms with Crippen LogP contribution in [0.25, 0.3) is 0 Å².